The first kappa shape index (κ1) is 14.5. The molecule has 0 bridgehead atoms. The topological polar surface area (TPSA) is 104 Å². The van der Waals surface area contributed by atoms with Gasteiger partial charge in [0.15, 0.2) is 5.41 Å². The molecule has 0 saturated heterocycles. The summed E-state index contributed by atoms with van der Waals surface area (Å²) in [5.74, 6) is -1.91. The maximum Gasteiger partial charge on any atom is 0.292 e. The molecule has 22 heavy (non-hydrogen) atoms. The van der Waals surface area contributed by atoms with E-state index in [0.29, 0.717) is 0 Å². The van der Waals surface area contributed by atoms with Crippen LogP contribution in [0.5, 0.6) is 0 Å². The minimum Gasteiger partial charge on any atom is -0.386 e. The first-order chi connectivity index (χ1) is 10.5. The highest BCUT2D eigenvalue weighted by Gasteiger charge is 2.93. The maximum absolute atomic E-state index is 9.89. The van der Waals surface area contributed by atoms with E-state index < -0.39 is 22.7 Å². The van der Waals surface area contributed by atoms with Gasteiger partial charge in [-0.05, 0) is 12.5 Å². The van der Waals surface area contributed by atoms with Gasteiger partial charge in [0, 0.05) is 20.1 Å². The van der Waals surface area contributed by atoms with E-state index in [9.17, 15) is 10.5 Å². The van der Waals surface area contributed by atoms with E-state index in [-0.39, 0.29) is 5.84 Å². The quantitative estimate of drug-likeness (QED) is 0.849. The lowest BCUT2D eigenvalue weighted by molar-refractivity contribution is -0.230. The third-order valence-corrected chi connectivity index (χ3v) is 4.86. The molecule has 0 aromatic heterocycles. The molecule has 1 aromatic rings. The summed E-state index contributed by atoms with van der Waals surface area (Å²) in [6, 6.07) is 12.1. The summed E-state index contributed by atoms with van der Waals surface area (Å²) in [6.45, 7) is 1.96. The number of methoxy groups -OCH3 is 2. The van der Waals surface area contributed by atoms with Crippen LogP contribution in [0.2, 0.25) is 0 Å². The molecule has 1 saturated carbocycles. The summed E-state index contributed by atoms with van der Waals surface area (Å²) in [5, 5.41) is 19.7. The molecule has 1 heterocycles. The van der Waals surface area contributed by atoms with Crippen molar-refractivity contribution >= 4 is 5.84 Å². The summed E-state index contributed by atoms with van der Waals surface area (Å²) in [7, 11) is 2.80. The summed E-state index contributed by atoms with van der Waals surface area (Å²) in [6.07, 6.45) is 0. The van der Waals surface area contributed by atoms with Gasteiger partial charge in [-0.3, -0.25) is 0 Å². The number of aliphatic imine (C=N–C) groups is 1. The van der Waals surface area contributed by atoms with E-state index in [2.05, 4.69) is 17.1 Å². The molecule has 0 unspecified atom stereocenters. The van der Waals surface area contributed by atoms with Crippen molar-refractivity contribution in [3.63, 3.8) is 0 Å². The number of hydrogen-bond donors (Lipinski definition) is 1. The highest BCUT2D eigenvalue weighted by molar-refractivity contribution is 6.00. The normalized spacial score (nSPS) is 34.2. The number of rotatable bonds is 3. The average Bonchev–Trinajstić information content (AvgIpc) is 3.11. The molecule has 2 N–H and O–H groups in total. The number of ether oxygens (including phenoxy) is 2. The first-order valence-electron chi connectivity index (χ1n) is 6.85. The number of nitrogens with zero attached hydrogens (tertiary/aromatic N) is 3. The van der Waals surface area contributed by atoms with Crippen LogP contribution in [0.15, 0.2) is 29.3 Å². The van der Waals surface area contributed by atoms with Gasteiger partial charge in [-0.2, -0.15) is 10.5 Å². The zero-order valence-electron chi connectivity index (χ0n) is 12.6. The summed E-state index contributed by atoms with van der Waals surface area (Å²) in [4.78, 5) is 4.18. The van der Waals surface area contributed by atoms with Crippen LogP contribution in [0.4, 0.5) is 0 Å². The minimum absolute atomic E-state index is 0.0896. The van der Waals surface area contributed by atoms with Crippen LogP contribution < -0.4 is 5.73 Å². The van der Waals surface area contributed by atoms with Gasteiger partial charge in [0.05, 0.1) is 12.1 Å². The molecule has 6 heteroatoms. The third-order valence-electron chi connectivity index (χ3n) is 4.86. The Hall–Kier alpha value is -2.41. The Labute approximate surface area is 128 Å². The molecule has 3 atom stereocenters. The predicted octanol–water partition coefficient (Wildman–Crippen LogP) is 1.43. The fourth-order valence-corrected chi connectivity index (χ4v) is 3.87. The summed E-state index contributed by atoms with van der Waals surface area (Å²) < 4.78 is 10.8. The van der Waals surface area contributed by atoms with E-state index in [4.69, 9.17) is 15.2 Å². The molecule has 0 radical (unpaired) electrons. The number of hydrogen-bond acceptors (Lipinski definition) is 6. The lowest BCUT2D eigenvalue weighted by Gasteiger charge is -2.29. The van der Waals surface area contributed by atoms with Crippen LogP contribution in [0.1, 0.15) is 17.0 Å². The molecule has 112 valence electrons. The first-order valence-corrected chi connectivity index (χ1v) is 6.85. The average molecular weight is 296 g/mol. The van der Waals surface area contributed by atoms with Crippen molar-refractivity contribution in [1.82, 2.24) is 0 Å². The molecule has 1 aromatic carbocycles. The van der Waals surface area contributed by atoms with Crippen LogP contribution in [-0.4, -0.2) is 26.0 Å². The lowest BCUT2D eigenvalue weighted by atomic mass is 9.93. The van der Waals surface area contributed by atoms with Crippen molar-refractivity contribution in [1.29, 1.82) is 10.5 Å². The Kier molecular flexibility index (Phi) is 2.84. The van der Waals surface area contributed by atoms with E-state index in [1.54, 1.807) is 0 Å². The van der Waals surface area contributed by atoms with E-state index in [1.165, 1.54) is 14.2 Å². The Morgan fingerprint density at radius 2 is 1.91 bits per heavy atom. The monoisotopic (exact) mass is 296 g/mol. The van der Waals surface area contributed by atoms with Crippen molar-refractivity contribution in [2.75, 3.05) is 14.2 Å². The number of nitrogens with two attached hydrogens (primary N) is 1. The Morgan fingerprint density at radius 1 is 1.23 bits per heavy atom. The standard InChI is InChI=1S/C16H16N4O2/c1-10-5-4-6-11(7-10)12-14(8-17)13(19)20-16(21-2,22-3)15(12,14)9-18/h4-7,12H,1-3H3,(H2,19,20)/t12-,14-,15+/m0/s1. The number of amidine groups is 1. The maximum atomic E-state index is 9.89. The largest absolute Gasteiger partial charge is 0.386 e. The number of nitriles is 2. The predicted molar refractivity (Wildman–Crippen MR) is 78.4 cm³/mol. The number of aryl methyl sites for hydroxylation is 1. The van der Waals surface area contributed by atoms with Crippen LogP contribution in [0.3, 0.4) is 0 Å². The van der Waals surface area contributed by atoms with E-state index in [1.807, 2.05) is 31.2 Å². The van der Waals surface area contributed by atoms with E-state index >= 15 is 0 Å². The van der Waals surface area contributed by atoms with Crippen LogP contribution >= 0.6 is 0 Å². The third kappa shape index (κ3) is 1.24. The molecule has 3 rings (SSSR count). The van der Waals surface area contributed by atoms with Gasteiger partial charge in [-0.1, -0.05) is 29.8 Å². The van der Waals surface area contributed by atoms with Gasteiger partial charge >= 0.3 is 0 Å². The van der Waals surface area contributed by atoms with Gasteiger partial charge in [0.1, 0.15) is 11.3 Å². The molecule has 1 fully saturated rings. The second-order valence-electron chi connectivity index (χ2n) is 5.67. The van der Waals surface area contributed by atoms with Crippen molar-refractivity contribution in [3.8, 4) is 12.1 Å². The Balaban J connectivity index is 2.26. The van der Waals surface area contributed by atoms with Gasteiger partial charge < -0.3 is 15.2 Å². The van der Waals surface area contributed by atoms with Gasteiger partial charge in [0.25, 0.3) is 5.91 Å². The highest BCUT2D eigenvalue weighted by atomic mass is 16.7. The van der Waals surface area contributed by atoms with E-state index in [0.717, 1.165) is 11.1 Å². The molecule has 2 aliphatic rings. The van der Waals surface area contributed by atoms with Crippen molar-refractivity contribution in [3.05, 3.63) is 35.4 Å². The molecule has 1 aliphatic heterocycles. The molecule has 0 amide bonds. The van der Waals surface area contributed by atoms with Gasteiger partial charge in [-0.25, -0.2) is 4.99 Å². The fourth-order valence-electron chi connectivity index (χ4n) is 3.87. The minimum atomic E-state index is -1.56. The summed E-state index contributed by atoms with van der Waals surface area (Å²) in [5.41, 5.74) is 5.43. The highest BCUT2D eigenvalue weighted by Crippen LogP contribution is 2.81. The lowest BCUT2D eigenvalue weighted by Crippen LogP contribution is -2.41. The van der Waals surface area contributed by atoms with Crippen molar-refractivity contribution < 1.29 is 9.47 Å². The number of benzene rings is 1. The smallest absolute Gasteiger partial charge is 0.292 e. The van der Waals surface area contributed by atoms with Crippen molar-refractivity contribution in [2.45, 2.75) is 18.8 Å². The van der Waals surface area contributed by atoms with Gasteiger partial charge in [0.2, 0.25) is 0 Å². The zero-order chi connectivity index (χ0) is 16.2. The Morgan fingerprint density at radius 3 is 2.41 bits per heavy atom. The zero-order valence-corrected chi connectivity index (χ0v) is 12.6. The molecule has 6 nitrogen and oxygen atoms in total. The molecule has 1 aliphatic carbocycles. The second-order valence-corrected chi connectivity index (χ2v) is 5.67. The molecule has 0 spiro atoms. The Bertz CT molecular complexity index is 756. The van der Waals surface area contributed by atoms with Gasteiger partial charge in [-0.15, -0.1) is 0 Å². The molecular formula is C16H16N4O2. The van der Waals surface area contributed by atoms with Crippen LogP contribution in [-0.2, 0) is 9.47 Å². The van der Waals surface area contributed by atoms with Crippen LogP contribution in [0, 0.1) is 40.4 Å². The van der Waals surface area contributed by atoms with Crippen molar-refractivity contribution in [2.24, 2.45) is 21.6 Å². The summed E-state index contributed by atoms with van der Waals surface area (Å²) >= 11 is 0. The fraction of sp³-hybridized carbons (Fsp3) is 0.438. The molecular weight excluding hydrogens is 280 g/mol. The SMILES string of the molecule is COC1(OC)N=C(N)[C@]2(C#N)[C@H](c3cccc(C)c3)[C@@]12C#N. The number of fused-ring (bicyclic) bond motifs is 1. The second kappa shape index (κ2) is 4.30. The van der Waals surface area contributed by atoms with Crippen LogP contribution in [0.25, 0.3) is 0 Å².